The number of esters is 1. The molecule has 0 aromatic heterocycles. The Bertz CT molecular complexity index is 936. The van der Waals surface area contributed by atoms with Gasteiger partial charge in [-0.2, -0.15) is 0 Å². The first-order valence-electron chi connectivity index (χ1n) is 10.3. The van der Waals surface area contributed by atoms with E-state index < -0.39 is 23.7 Å². The first-order chi connectivity index (χ1) is 14.7. The van der Waals surface area contributed by atoms with Gasteiger partial charge >= 0.3 is 12.1 Å². The number of hydrogen-bond acceptors (Lipinski definition) is 5. The molecule has 1 amide bonds. The van der Waals surface area contributed by atoms with Gasteiger partial charge in [-0.3, -0.25) is 4.90 Å². The van der Waals surface area contributed by atoms with E-state index in [0.717, 1.165) is 28.9 Å². The highest BCUT2D eigenvalue weighted by molar-refractivity contribution is 6.30. The molecule has 3 rings (SSSR count). The van der Waals surface area contributed by atoms with E-state index in [2.05, 4.69) is 0 Å². The summed E-state index contributed by atoms with van der Waals surface area (Å²) < 4.78 is 16.4. The van der Waals surface area contributed by atoms with Crippen LogP contribution < -0.4 is 4.74 Å². The molecule has 0 saturated heterocycles. The highest BCUT2D eigenvalue weighted by Crippen LogP contribution is 2.34. The van der Waals surface area contributed by atoms with Crippen molar-refractivity contribution in [3.05, 3.63) is 64.2 Å². The van der Waals surface area contributed by atoms with E-state index in [4.69, 9.17) is 25.8 Å². The Kier molecular flexibility index (Phi) is 7.11. The second kappa shape index (κ2) is 9.60. The van der Waals surface area contributed by atoms with Gasteiger partial charge < -0.3 is 14.2 Å². The zero-order valence-electron chi connectivity index (χ0n) is 18.3. The van der Waals surface area contributed by atoms with Crippen molar-refractivity contribution in [2.24, 2.45) is 0 Å². The molecule has 0 fully saturated rings. The Morgan fingerprint density at radius 3 is 2.48 bits per heavy atom. The van der Waals surface area contributed by atoms with Gasteiger partial charge in [-0.15, -0.1) is 0 Å². The van der Waals surface area contributed by atoms with Gasteiger partial charge in [0, 0.05) is 18.0 Å². The first kappa shape index (κ1) is 22.9. The lowest BCUT2D eigenvalue weighted by Crippen LogP contribution is -2.46. The summed E-state index contributed by atoms with van der Waals surface area (Å²) in [5.74, 6) is 0.227. The molecule has 1 aliphatic rings. The number of ether oxygens (including phenoxy) is 3. The van der Waals surface area contributed by atoms with Crippen molar-refractivity contribution in [2.75, 3.05) is 20.3 Å². The van der Waals surface area contributed by atoms with Crippen LogP contribution in [-0.2, 0) is 27.1 Å². The van der Waals surface area contributed by atoms with Gasteiger partial charge in [-0.05, 0) is 68.1 Å². The van der Waals surface area contributed by atoms with Crippen molar-refractivity contribution in [1.29, 1.82) is 0 Å². The minimum Gasteiger partial charge on any atom is -0.493 e. The number of nitrogens with zero attached hydrogens (tertiary/aromatic N) is 1. The Morgan fingerprint density at radius 2 is 1.84 bits per heavy atom. The highest BCUT2D eigenvalue weighted by atomic mass is 35.5. The second-order valence-corrected chi connectivity index (χ2v) is 8.87. The van der Waals surface area contributed by atoms with Crippen LogP contribution in [0.1, 0.15) is 43.5 Å². The lowest BCUT2D eigenvalue weighted by molar-refractivity contribution is -0.147. The molecule has 0 bridgehead atoms. The monoisotopic (exact) mass is 445 g/mol. The van der Waals surface area contributed by atoms with Crippen LogP contribution in [0.5, 0.6) is 5.75 Å². The molecule has 1 atom stereocenters. The van der Waals surface area contributed by atoms with Crippen LogP contribution in [0.3, 0.4) is 0 Å². The van der Waals surface area contributed by atoms with Gasteiger partial charge in [0.1, 0.15) is 11.4 Å². The van der Waals surface area contributed by atoms with Crippen molar-refractivity contribution in [3.63, 3.8) is 0 Å². The normalized spacial score (nSPS) is 15.8. The standard InChI is InChI=1S/C24H28ClNO5/c1-24(2,3)31-23(28)26-13-11-17-15-19(9-10-20(17)21(26)22(27)29-4)30-14-12-16-5-7-18(25)8-6-16/h5-10,15,21H,11-14H2,1-4H3/t21-/m1/s1. The Balaban J connectivity index is 1.73. The molecule has 166 valence electrons. The SMILES string of the molecule is COC(=O)[C@H]1c2ccc(OCCc3ccc(Cl)cc3)cc2CCN1C(=O)OC(C)(C)C. The maximum absolute atomic E-state index is 12.7. The maximum atomic E-state index is 12.7. The molecule has 0 saturated carbocycles. The van der Waals surface area contributed by atoms with E-state index in [-0.39, 0.29) is 0 Å². The van der Waals surface area contributed by atoms with E-state index in [1.807, 2.05) is 42.5 Å². The van der Waals surface area contributed by atoms with Crippen LogP contribution in [0.2, 0.25) is 5.02 Å². The van der Waals surface area contributed by atoms with Crippen molar-refractivity contribution in [1.82, 2.24) is 4.90 Å². The largest absolute Gasteiger partial charge is 0.493 e. The number of methoxy groups -OCH3 is 1. The predicted molar refractivity (Wildman–Crippen MR) is 118 cm³/mol. The van der Waals surface area contributed by atoms with Gasteiger partial charge in [-0.25, -0.2) is 9.59 Å². The lowest BCUT2D eigenvalue weighted by atomic mass is 9.92. The molecule has 0 unspecified atom stereocenters. The fraction of sp³-hybridized carbons (Fsp3) is 0.417. The smallest absolute Gasteiger partial charge is 0.411 e. The molecule has 1 heterocycles. The van der Waals surface area contributed by atoms with Crippen LogP contribution in [0, 0.1) is 0 Å². The quantitative estimate of drug-likeness (QED) is 0.608. The summed E-state index contributed by atoms with van der Waals surface area (Å²) in [6.45, 7) is 6.26. The molecule has 2 aromatic carbocycles. The van der Waals surface area contributed by atoms with Crippen LogP contribution in [0.15, 0.2) is 42.5 Å². The number of carbonyl (C=O) groups excluding carboxylic acids is 2. The molecule has 0 radical (unpaired) electrons. The minimum absolute atomic E-state index is 0.357. The summed E-state index contributed by atoms with van der Waals surface area (Å²) in [7, 11) is 1.32. The summed E-state index contributed by atoms with van der Waals surface area (Å²) >= 11 is 5.92. The molecular formula is C24H28ClNO5. The summed E-state index contributed by atoms with van der Waals surface area (Å²) in [6.07, 6.45) is 0.818. The third-order valence-corrected chi connectivity index (χ3v) is 5.22. The molecule has 0 spiro atoms. The molecule has 0 N–H and O–H groups in total. The van der Waals surface area contributed by atoms with E-state index in [0.29, 0.717) is 24.6 Å². The van der Waals surface area contributed by atoms with Crippen LogP contribution >= 0.6 is 11.6 Å². The number of fused-ring (bicyclic) bond motifs is 1. The van der Waals surface area contributed by atoms with Gasteiger partial charge in [0.05, 0.1) is 13.7 Å². The predicted octanol–water partition coefficient (Wildman–Crippen LogP) is 4.97. The Hall–Kier alpha value is -2.73. The number of benzene rings is 2. The fourth-order valence-electron chi connectivity index (χ4n) is 3.51. The van der Waals surface area contributed by atoms with E-state index in [9.17, 15) is 9.59 Å². The van der Waals surface area contributed by atoms with Crippen molar-refractivity contribution in [2.45, 2.75) is 45.3 Å². The molecule has 31 heavy (non-hydrogen) atoms. The summed E-state index contributed by atoms with van der Waals surface area (Å²) in [5, 5.41) is 0.708. The number of amides is 1. The third-order valence-electron chi connectivity index (χ3n) is 4.97. The second-order valence-electron chi connectivity index (χ2n) is 8.43. The third kappa shape index (κ3) is 5.91. The highest BCUT2D eigenvalue weighted by Gasteiger charge is 2.39. The van der Waals surface area contributed by atoms with Crippen molar-refractivity contribution >= 4 is 23.7 Å². The Labute approximate surface area is 188 Å². The zero-order valence-corrected chi connectivity index (χ0v) is 19.1. The number of halogens is 1. The van der Waals surface area contributed by atoms with Gasteiger partial charge in [-0.1, -0.05) is 29.8 Å². The van der Waals surface area contributed by atoms with Gasteiger partial charge in [0.15, 0.2) is 6.04 Å². The van der Waals surface area contributed by atoms with E-state index >= 15 is 0 Å². The van der Waals surface area contributed by atoms with Crippen molar-refractivity contribution < 1.29 is 23.8 Å². The number of hydrogen-bond donors (Lipinski definition) is 0. The molecule has 2 aromatic rings. The van der Waals surface area contributed by atoms with E-state index in [1.165, 1.54) is 12.0 Å². The summed E-state index contributed by atoms with van der Waals surface area (Å²) in [6, 6.07) is 12.4. The maximum Gasteiger partial charge on any atom is 0.411 e. The molecule has 1 aliphatic heterocycles. The first-order valence-corrected chi connectivity index (χ1v) is 10.6. The van der Waals surface area contributed by atoms with Crippen LogP contribution in [0.4, 0.5) is 4.79 Å². The average Bonchev–Trinajstić information content (AvgIpc) is 2.72. The molecule has 6 nitrogen and oxygen atoms in total. The molecule has 7 heteroatoms. The van der Waals surface area contributed by atoms with E-state index in [1.54, 1.807) is 20.8 Å². The Morgan fingerprint density at radius 1 is 1.13 bits per heavy atom. The van der Waals surface area contributed by atoms with Gasteiger partial charge in [0.25, 0.3) is 0 Å². The van der Waals surface area contributed by atoms with Crippen LogP contribution in [-0.4, -0.2) is 42.8 Å². The number of carbonyl (C=O) groups is 2. The topological polar surface area (TPSA) is 65.1 Å². The molecule has 0 aliphatic carbocycles. The lowest BCUT2D eigenvalue weighted by Gasteiger charge is -2.36. The van der Waals surface area contributed by atoms with Crippen LogP contribution in [0.25, 0.3) is 0 Å². The van der Waals surface area contributed by atoms with Crippen molar-refractivity contribution in [3.8, 4) is 5.75 Å². The summed E-state index contributed by atoms with van der Waals surface area (Å²) in [5.41, 5.74) is 2.18. The minimum atomic E-state index is -0.841. The number of rotatable bonds is 5. The van der Waals surface area contributed by atoms with Gasteiger partial charge in [0.2, 0.25) is 0 Å². The zero-order chi connectivity index (χ0) is 22.6. The molecular weight excluding hydrogens is 418 g/mol. The fourth-order valence-corrected chi connectivity index (χ4v) is 3.64. The average molecular weight is 446 g/mol. The summed E-state index contributed by atoms with van der Waals surface area (Å²) in [4.78, 5) is 26.6.